The first-order chi connectivity index (χ1) is 10.5. The summed E-state index contributed by atoms with van der Waals surface area (Å²) >= 11 is 0. The summed E-state index contributed by atoms with van der Waals surface area (Å²) in [6.45, 7) is 0. The SMILES string of the molecule is COC(=N)c1c(N)ncnc1Nc1ccc(CC(N)=O)cc1. The highest BCUT2D eigenvalue weighted by molar-refractivity contribution is 6.01. The molecule has 6 N–H and O–H groups in total. The highest BCUT2D eigenvalue weighted by atomic mass is 16.5. The maximum atomic E-state index is 10.9. The molecule has 8 nitrogen and oxygen atoms in total. The molecule has 22 heavy (non-hydrogen) atoms. The predicted molar refractivity (Wildman–Crippen MR) is 82.9 cm³/mol. The molecule has 114 valence electrons. The predicted octanol–water partition coefficient (Wildman–Crippen LogP) is 0.802. The number of carbonyl (C=O) groups excluding carboxylic acids is 1. The Kier molecular flexibility index (Phi) is 4.52. The molecule has 0 aliphatic carbocycles. The summed E-state index contributed by atoms with van der Waals surface area (Å²) < 4.78 is 4.89. The van der Waals surface area contributed by atoms with Crippen LogP contribution in [0.5, 0.6) is 0 Å². The lowest BCUT2D eigenvalue weighted by atomic mass is 10.1. The molecule has 0 aliphatic heterocycles. The summed E-state index contributed by atoms with van der Waals surface area (Å²) in [6, 6.07) is 7.10. The fraction of sp³-hybridized carbons (Fsp3) is 0.143. The summed E-state index contributed by atoms with van der Waals surface area (Å²) in [5.74, 6) is -0.0113. The van der Waals surface area contributed by atoms with Crippen LogP contribution in [0.4, 0.5) is 17.3 Å². The molecule has 2 rings (SSSR count). The van der Waals surface area contributed by atoms with Crippen LogP contribution >= 0.6 is 0 Å². The second-order valence-electron chi connectivity index (χ2n) is 4.48. The number of hydrogen-bond acceptors (Lipinski definition) is 7. The lowest BCUT2D eigenvalue weighted by molar-refractivity contribution is -0.117. The summed E-state index contributed by atoms with van der Waals surface area (Å²) in [5, 5.41) is 10.8. The van der Waals surface area contributed by atoms with Crippen LogP contribution in [-0.4, -0.2) is 28.9 Å². The van der Waals surface area contributed by atoms with E-state index in [-0.39, 0.29) is 29.6 Å². The van der Waals surface area contributed by atoms with Gasteiger partial charge in [-0.15, -0.1) is 0 Å². The smallest absolute Gasteiger partial charge is 0.221 e. The van der Waals surface area contributed by atoms with Crippen LogP contribution in [0.1, 0.15) is 11.1 Å². The molecule has 1 amide bonds. The Morgan fingerprint density at radius 1 is 1.32 bits per heavy atom. The molecule has 0 aliphatic rings. The van der Waals surface area contributed by atoms with E-state index in [1.807, 2.05) is 0 Å². The van der Waals surface area contributed by atoms with Crippen molar-refractivity contribution in [2.75, 3.05) is 18.2 Å². The number of primary amides is 1. The van der Waals surface area contributed by atoms with E-state index in [0.29, 0.717) is 5.82 Å². The normalized spacial score (nSPS) is 10.0. The number of rotatable bonds is 5. The number of anilines is 3. The number of nitrogens with two attached hydrogens (primary N) is 2. The summed E-state index contributed by atoms with van der Waals surface area (Å²) in [7, 11) is 1.37. The van der Waals surface area contributed by atoms with Crippen molar-refractivity contribution in [3.63, 3.8) is 0 Å². The first kappa shape index (κ1) is 15.2. The van der Waals surface area contributed by atoms with Crippen molar-refractivity contribution in [1.82, 2.24) is 9.97 Å². The molecular weight excluding hydrogens is 284 g/mol. The van der Waals surface area contributed by atoms with E-state index in [1.54, 1.807) is 24.3 Å². The standard InChI is InChI=1S/C14H16N6O2/c1-22-13(17)11-12(16)18-7-19-14(11)20-9-4-2-8(3-5-9)6-10(15)21/h2-5,7,17H,6H2,1H3,(H2,15,21)(H3,16,18,19,20). The van der Waals surface area contributed by atoms with Gasteiger partial charge in [0.15, 0.2) is 0 Å². The van der Waals surface area contributed by atoms with Gasteiger partial charge in [-0.3, -0.25) is 10.2 Å². The minimum absolute atomic E-state index is 0.133. The molecule has 0 unspecified atom stereocenters. The van der Waals surface area contributed by atoms with Gasteiger partial charge < -0.3 is 21.5 Å². The Morgan fingerprint density at radius 3 is 2.59 bits per heavy atom. The van der Waals surface area contributed by atoms with Gasteiger partial charge in [0.25, 0.3) is 0 Å². The van der Waals surface area contributed by atoms with Crippen LogP contribution in [0.15, 0.2) is 30.6 Å². The van der Waals surface area contributed by atoms with Gasteiger partial charge in [0.1, 0.15) is 23.5 Å². The summed E-state index contributed by atoms with van der Waals surface area (Å²) in [6.07, 6.45) is 1.48. The van der Waals surface area contributed by atoms with Crippen LogP contribution in [-0.2, 0) is 16.0 Å². The van der Waals surface area contributed by atoms with Crippen LogP contribution in [0.25, 0.3) is 0 Å². The van der Waals surface area contributed by atoms with Gasteiger partial charge in [-0.2, -0.15) is 0 Å². The van der Waals surface area contributed by atoms with E-state index >= 15 is 0 Å². The number of benzene rings is 1. The van der Waals surface area contributed by atoms with Gasteiger partial charge in [0.2, 0.25) is 11.8 Å². The zero-order valence-electron chi connectivity index (χ0n) is 12.0. The number of ether oxygens (including phenoxy) is 1. The Balaban J connectivity index is 2.25. The number of methoxy groups -OCH3 is 1. The number of nitrogens with zero attached hydrogens (tertiary/aromatic N) is 2. The topological polar surface area (TPSA) is 140 Å². The molecule has 1 aromatic carbocycles. The molecule has 0 atom stereocenters. The van der Waals surface area contributed by atoms with Crippen LogP contribution < -0.4 is 16.8 Å². The molecule has 2 aromatic rings. The van der Waals surface area contributed by atoms with Crippen molar-refractivity contribution >= 4 is 29.1 Å². The van der Waals surface area contributed by atoms with E-state index in [0.717, 1.165) is 11.3 Å². The van der Waals surface area contributed by atoms with E-state index in [1.165, 1.54) is 13.4 Å². The monoisotopic (exact) mass is 300 g/mol. The average molecular weight is 300 g/mol. The molecule has 0 saturated heterocycles. The van der Waals surface area contributed by atoms with Crippen LogP contribution in [0, 0.1) is 5.41 Å². The molecular formula is C14H16N6O2. The lowest BCUT2D eigenvalue weighted by Gasteiger charge is -2.12. The first-order valence-corrected chi connectivity index (χ1v) is 6.39. The van der Waals surface area contributed by atoms with Crippen molar-refractivity contribution in [2.45, 2.75) is 6.42 Å². The summed E-state index contributed by atoms with van der Waals surface area (Å²) in [4.78, 5) is 18.8. The fourth-order valence-corrected chi connectivity index (χ4v) is 1.86. The molecule has 1 heterocycles. The second kappa shape index (κ2) is 6.53. The van der Waals surface area contributed by atoms with Gasteiger partial charge in [0, 0.05) is 5.69 Å². The zero-order valence-corrected chi connectivity index (χ0v) is 12.0. The third-order valence-corrected chi connectivity index (χ3v) is 2.90. The van der Waals surface area contributed by atoms with Crippen molar-refractivity contribution in [2.24, 2.45) is 5.73 Å². The third kappa shape index (κ3) is 3.48. The van der Waals surface area contributed by atoms with Crippen LogP contribution in [0.3, 0.4) is 0 Å². The number of amides is 1. The number of nitrogens with one attached hydrogen (secondary N) is 2. The first-order valence-electron chi connectivity index (χ1n) is 6.39. The van der Waals surface area contributed by atoms with E-state index < -0.39 is 0 Å². The van der Waals surface area contributed by atoms with Crippen LogP contribution in [0.2, 0.25) is 0 Å². The minimum atomic E-state index is -0.389. The van der Waals surface area contributed by atoms with Gasteiger partial charge in [-0.25, -0.2) is 9.97 Å². The van der Waals surface area contributed by atoms with Crippen molar-refractivity contribution in [1.29, 1.82) is 5.41 Å². The second-order valence-corrected chi connectivity index (χ2v) is 4.48. The Labute approximate surface area is 127 Å². The largest absolute Gasteiger partial charge is 0.481 e. The minimum Gasteiger partial charge on any atom is -0.481 e. The van der Waals surface area contributed by atoms with Gasteiger partial charge >= 0.3 is 0 Å². The Bertz CT molecular complexity index is 699. The maximum absolute atomic E-state index is 10.9. The Hall–Kier alpha value is -3.16. The van der Waals surface area contributed by atoms with E-state index in [4.69, 9.17) is 21.6 Å². The van der Waals surface area contributed by atoms with Gasteiger partial charge in [-0.1, -0.05) is 12.1 Å². The lowest BCUT2D eigenvalue weighted by Crippen LogP contribution is -2.13. The maximum Gasteiger partial charge on any atom is 0.221 e. The number of aromatic nitrogens is 2. The fourth-order valence-electron chi connectivity index (χ4n) is 1.86. The van der Waals surface area contributed by atoms with Gasteiger partial charge in [0.05, 0.1) is 13.5 Å². The third-order valence-electron chi connectivity index (χ3n) is 2.90. The highest BCUT2D eigenvalue weighted by Crippen LogP contribution is 2.22. The number of carbonyl (C=O) groups is 1. The Morgan fingerprint density at radius 2 is 2.00 bits per heavy atom. The zero-order chi connectivity index (χ0) is 16.1. The quantitative estimate of drug-likeness (QED) is 0.475. The van der Waals surface area contributed by atoms with E-state index in [9.17, 15) is 4.79 Å². The van der Waals surface area contributed by atoms with Crippen molar-refractivity contribution in [3.05, 3.63) is 41.7 Å². The molecule has 0 bridgehead atoms. The number of nitrogen functional groups attached to an aromatic ring is 1. The highest BCUT2D eigenvalue weighted by Gasteiger charge is 2.15. The molecule has 0 fully saturated rings. The molecule has 0 saturated carbocycles. The molecule has 8 heteroatoms. The van der Waals surface area contributed by atoms with Crippen molar-refractivity contribution in [3.8, 4) is 0 Å². The molecule has 1 aromatic heterocycles. The number of hydrogen-bond donors (Lipinski definition) is 4. The molecule has 0 radical (unpaired) electrons. The van der Waals surface area contributed by atoms with Crippen molar-refractivity contribution < 1.29 is 9.53 Å². The van der Waals surface area contributed by atoms with Gasteiger partial charge in [-0.05, 0) is 17.7 Å². The molecule has 0 spiro atoms. The summed E-state index contributed by atoms with van der Waals surface area (Å²) in [5.41, 5.74) is 12.7. The average Bonchev–Trinajstić information content (AvgIpc) is 2.48. The van der Waals surface area contributed by atoms with E-state index in [2.05, 4.69) is 15.3 Å².